The summed E-state index contributed by atoms with van der Waals surface area (Å²) in [7, 11) is 0. The van der Waals surface area contributed by atoms with E-state index in [9.17, 15) is 76.0 Å². The number of hydrogen-bond acceptors (Lipinski definition) is 22. The van der Waals surface area contributed by atoms with Crippen LogP contribution in [0.4, 0.5) is 0 Å². The quantitative estimate of drug-likeness (QED) is 0.0415. The first-order valence-corrected chi connectivity index (χ1v) is 18.2. The largest absolute Gasteiger partial charge is 0.571 e. The minimum Gasteiger partial charge on any atom is -0.571 e. The van der Waals surface area contributed by atoms with Crippen LogP contribution in [0.1, 0.15) is 30.6 Å². The predicted octanol–water partition coefficient (Wildman–Crippen LogP) is -4.28. The summed E-state index contributed by atoms with van der Waals surface area (Å²) in [5, 5.41) is 145. The molecule has 2 aromatic rings. The Morgan fingerprint density at radius 2 is 1.32 bits per heavy atom. The first kappa shape index (κ1) is 44.7. The van der Waals surface area contributed by atoms with Crippen molar-refractivity contribution in [3.63, 3.8) is 0 Å². The van der Waals surface area contributed by atoms with E-state index in [-0.39, 0.29) is 28.4 Å². The SMILES string of the molecule is C[C@@H]1O[C@@H](O[C@@H]2[C@H](OC3=Cc4c(O)cc(O[C@@H]5O[C@H](COC(=O)CC(=O)O)[C@H](O)[C@H](O)[C@@H]5O)cc4[OH+]C3c3cc(O)c(O)c(O)c3)O[C@H](CO)[C@H](O)[C@@H]2O)[C@@H](O)[C@H](O)[C@H]1O. The lowest BCUT2D eigenvalue weighted by Crippen LogP contribution is -2.64. The van der Waals surface area contributed by atoms with Crippen LogP contribution < -0.4 is 4.74 Å². The summed E-state index contributed by atoms with van der Waals surface area (Å²) in [6, 6.07) is 4.17. The molecule has 4 heterocycles. The molecular weight excluding hydrogens is 816 g/mol. The molecule has 15 N–H and O–H groups in total. The zero-order valence-corrected chi connectivity index (χ0v) is 31.1. The number of ether oxygens (including phenoxy) is 8. The van der Waals surface area contributed by atoms with Crippen molar-refractivity contribution in [2.75, 3.05) is 13.2 Å². The first-order chi connectivity index (χ1) is 28.3. The van der Waals surface area contributed by atoms with Gasteiger partial charge in [-0.3, -0.25) is 9.59 Å². The van der Waals surface area contributed by atoms with E-state index in [0.29, 0.717) is 0 Å². The Morgan fingerprint density at radius 3 is 1.97 bits per heavy atom. The van der Waals surface area contributed by atoms with Crippen LogP contribution in [0.15, 0.2) is 30.0 Å². The van der Waals surface area contributed by atoms with Gasteiger partial charge in [0.05, 0.1) is 24.3 Å². The van der Waals surface area contributed by atoms with Crippen LogP contribution in [0.25, 0.3) is 6.08 Å². The van der Waals surface area contributed by atoms with E-state index in [1.165, 1.54) is 19.1 Å². The standard InChI is InChI=1S/C36H44O24/c1-10-23(44)27(48)30(51)34(54-10)60-33-29(50)25(46)19(8-37)58-36(33)57-18-6-13-14(38)4-12(5-17(13)56-32(18)11-2-15(39)24(45)16(40)3-11)55-35-31(52)28(49)26(47)20(59-35)9-53-22(43)7-21(41)42/h2-6,10,19-20,23,25-40,44-52H,7-9H2,1H3,(H,41,42)/p+1/t10-,19+,20+,23-,25-,26-,27+,28-,29-,30-,31-,32?,33-,34-,35+,36+/m0/s1. The molecule has 0 amide bonds. The van der Waals surface area contributed by atoms with Crippen LogP contribution in [0, 0.1) is 0 Å². The molecule has 4 aliphatic rings. The molecule has 0 spiro atoms. The maximum atomic E-state index is 11.8. The van der Waals surface area contributed by atoms with Crippen molar-refractivity contribution in [2.45, 2.75) is 112 Å². The Kier molecular flexibility index (Phi) is 13.5. The fraction of sp³-hybridized carbons (Fsp3) is 0.556. The molecule has 4 aliphatic heterocycles. The van der Waals surface area contributed by atoms with Crippen LogP contribution in [0.2, 0.25) is 0 Å². The molecule has 3 saturated heterocycles. The lowest BCUT2D eigenvalue weighted by molar-refractivity contribution is -0.361. The fourth-order valence-electron chi connectivity index (χ4n) is 6.81. The van der Waals surface area contributed by atoms with Gasteiger partial charge in [-0.1, -0.05) is 0 Å². The number of hydrogen-bond donors (Lipinski definition) is 14. The maximum Gasteiger partial charge on any atom is 0.317 e. The smallest absolute Gasteiger partial charge is 0.317 e. The lowest BCUT2D eigenvalue weighted by Gasteiger charge is -2.46. The monoisotopic (exact) mass is 861 g/mol. The topological polar surface area (TPSA) is 395 Å². The van der Waals surface area contributed by atoms with Gasteiger partial charge in [0.1, 0.15) is 91.1 Å². The van der Waals surface area contributed by atoms with Gasteiger partial charge in [-0.2, -0.15) is 0 Å². The number of rotatable bonds is 12. The average Bonchev–Trinajstić information content (AvgIpc) is 3.19. The van der Waals surface area contributed by atoms with Crippen molar-refractivity contribution in [3.8, 4) is 34.5 Å². The zero-order chi connectivity index (χ0) is 43.9. The Hall–Kier alpha value is -4.80. The highest BCUT2D eigenvalue weighted by atomic mass is 16.8. The van der Waals surface area contributed by atoms with Crippen molar-refractivity contribution in [2.24, 2.45) is 0 Å². The second kappa shape index (κ2) is 18.0. The van der Waals surface area contributed by atoms with E-state index in [1.807, 2.05) is 0 Å². The summed E-state index contributed by atoms with van der Waals surface area (Å²) < 4.78 is 43.7. The van der Waals surface area contributed by atoms with E-state index in [2.05, 4.69) is 4.74 Å². The molecule has 0 aromatic heterocycles. The number of benzene rings is 2. The molecule has 60 heavy (non-hydrogen) atoms. The number of carboxylic acid groups (broad SMARTS) is 1. The molecule has 1 unspecified atom stereocenters. The lowest BCUT2D eigenvalue weighted by atomic mass is 9.97. The Balaban J connectivity index is 1.32. The molecule has 0 radical (unpaired) electrons. The van der Waals surface area contributed by atoms with E-state index in [4.69, 9.17) is 38.3 Å². The summed E-state index contributed by atoms with van der Waals surface area (Å²) in [6.45, 7) is -0.259. The normalized spacial score (nSPS) is 36.6. The summed E-state index contributed by atoms with van der Waals surface area (Å²) in [5.74, 6) is -6.49. The Morgan fingerprint density at radius 1 is 0.700 bits per heavy atom. The third-order valence-corrected chi connectivity index (χ3v) is 10.1. The minimum atomic E-state index is -1.94. The summed E-state index contributed by atoms with van der Waals surface area (Å²) >= 11 is 0. The molecule has 24 heteroatoms. The first-order valence-electron chi connectivity index (χ1n) is 18.2. The number of aliphatic carboxylic acids is 1. The molecule has 0 saturated carbocycles. The molecule has 0 aliphatic carbocycles. The highest BCUT2D eigenvalue weighted by Gasteiger charge is 2.52. The predicted molar refractivity (Wildman–Crippen MR) is 189 cm³/mol. The number of esters is 1. The van der Waals surface area contributed by atoms with Crippen LogP contribution in [0.3, 0.4) is 0 Å². The summed E-state index contributed by atoms with van der Waals surface area (Å²) in [4.78, 5) is 22.6. The van der Waals surface area contributed by atoms with Crippen molar-refractivity contribution in [1.29, 1.82) is 0 Å². The van der Waals surface area contributed by atoms with Gasteiger partial charge in [-0.25, -0.2) is 0 Å². The number of carbonyl (C=O) groups excluding carboxylic acids is 1. The van der Waals surface area contributed by atoms with E-state index in [1.54, 1.807) is 0 Å². The molecule has 16 atom stereocenters. The number of phenolic OH excluding ortho intramolecular Hbond substituents is 4. The molecule has 332 valence electrons. The van der Waals surface area contributed by atoms with Crippen LogP contribution in [-0.4, -0.2) is 193 Å². The fourth-order valence-corrected chi connectivity index (χ4v) is 6.81. The van der Waals surface area contributed by atoms with Crippen molar-refractivity contribution >= 4 is 18.0 Å². The van der Waals surface area contributed by atoms with Gasteiger partial charge in [0.25, 0.3) is 11.9 Å². The van der Waals surface area contributed by atoms with Crippen molar-refractivity contribution in [1.82, 2.24) is 0 Å². The number of aliphatic hydroxyl groups excluding tert-OH is 9. The third kappa shape index (κ3) is 9.10. The Labute approximate surface area is 337 Å². The number of aromatic hydroxyl groups is 5. The second-order valence-corrected chi connectivity index (χ2v) is 14.4. The third-order valence-electron chi connectivity index (χ3n) is 10.1. The zero-order valence-electron chi connectivity index (χ0n) is 31.1. The highest BCUT2D eigenvalue weighted by molar-refractivity contribution is 5.90. The van der Waals surface area contributed by atoms with E-state index in [0.717, 1.165) is 18.2 Å². The van der Waals surface area contributed by atoms with Gasteiger partial charge in [0.15, 0.2) is 35.4 Å². The maximum absolute atomic E-state index is 11.8. The molecule has 6 rings (SSSR count). The number of aliphatic hydroxyl groups is 10. The number of carboxylic acids is 1. The van der Waals surface area contributed by atoms with E-state index < -0.39 is 153 Å². The summed E-state index contributed by atoms with van der Waals surface area (Å²) in [5.41, 5.74) is -0.187. The molecule has 24 nitrogen and oxygen atoms in total. The molecule has 0 bridgehead atoms. The van der Waals surface area contributed by atoms with Crippen molar-refractivity contribution < 1.29 is 119 Å². The van der Waals surface area contributed by atoms with Crippen LogP contribution >= 0.6 is 0 Å². The molecule has 3 fully saturated rings. The van der Waals surface area contributed by atoms with Gasteiger partial charge in [0, 0.05) is 12.1 Å². The average molecular weight is 862 g/mol. The van der Waals surface area contributed by atoms with Gasteiger partial charge in [-0.15, -0.1) is 0 Å². The van der Waals surface area contributed by atoms with Gasteiger partial charge >= 0.3 is 11.9 Å². The van der Waals surface area contributed by atoms with Gasteiger partial charge in [-0.05, 0) is 19.1 Å². The minimum absolute atomic E-state index is 0.0847. The van der Waals surface area contributed by atoms with Crippen LogP contribution in [-0.2, 0) is 38.0 Å². The number of phenols is 4. The molecule has 2 aromatic carbocycles. The Bertz CT molecular complexity index is 1880. The van der Waals surface area contributed by atoms with Gasteiger partial charge in [0.2, 0.25) is 12.6 Å². The van der Waals surface area contributed by atoms with Gasteiger partial charge < -0.3 is 109 Å². The second-order valence-electron chi connectivity index (χ2n) is 14.4. The highest BCUT2D eigenvalue weighted by Crippen LogP contribution is 2.48. The summed E-state index contributed by atoms with van der Waals surface area (Å²) in [6.07, 6.45) is -27.3. The number of fused-ring (bicyclic) bond motifs is 1. The number of carbonyl (C=O) groups is 2. The van der Waals surface area contributed by atoms with Crippen LogP contribution in [0.5, 0.6) is 34.5 Å². The molecular formula is C36H45O24+. The van der Waals surface area contributed by atoms with Crippen molar-refractivity contribution in [3.05, 3.63) is 41.2 Å². The van der Waals surface area contributed by atoms with E-state index >= 15 is 0 Å².